The Morgan fingerprint density at radius 2 is 2.00 bits per heavy atom. The van der Waals surface area contributed by atoms with E-state index >= 15 is 0 Å². The first kappa shape index (κ1) is 13.5. The second kappa shape index (κ2) is 6.23. The largest absolute Gasteiger partial charge is 0.382 e. The standard InChI is InChI=1S/C13H21N3O/c1-5-16(6-2)13(17)11-7-12(9-14-8-11)15-10(3)4/h7-10,15H,5-6H2,1-4H3. The van der Waals surface area contributed by atoms with Crippen molar-refractivity contribution in [3.63, 3.8) is 0 Å². The first-order valence-corrected chi connectivity index (χ1v) is 6.09. The summed E-state index contributed by atoms with van der Waals surface area (Å²) in [6.07, 6.45) is 3.35. The molecule has 0 aliphatic carbocycles. The van der Waals surface area contributed by atoms with E-state index in [1.165, 1.54) is 0 Å². The SMILES string of the molecule is CCN(CC)C(=O)c1cncc(NC(C)C)c1. The third-order valence-electron chi connectivity index (χ3n) is 2.49. The highest BCUT2D eigenvalue weighted by Crippen LogP contribution is 2.11. The van der Waals surface area contributed by atoms with Gasteiger partial charge in [-0.05, 0) is 33.8 Å². The van der Waals surface area contributed by atoms with Crippen LogP contribution in [0.2, 0.25) is 0 Å². The van der Waals surface area contributed by atoms with E-state index in [9.17, 15) is 4.79 Å². The van der Waals surface area contributed by atoms with Crippen molar-refractivity contribution in [1.82, 2.24) is 9.88 Å². The van der Waals surface area contributed by atoms with Gasteiger partial charge in [-0.1, -0.05) is 0 Å². The Morgan fingerprint density at radius 1 is 1.35 bits per heavy atom. The van der Waals surface area contributed by atoms with E-state index in [1.54, 1.807) is 17.3 Å². The molecule has 1 N–H and O–H groups in total. The second-order valence-corrected chi connectivity index (χ2v) is 4.24. The molecule has 0 bridgehead atoms. The van der Waals surface area contributed by atoms with Gasteiger partial charge in [-0.25, -0.2) is 0 Å². The fourth-order valence-electron chi connectivity index (χ4n) is 1.66. The fraction of sp³-hybridized carbons (Fsp3) is 0.538. The maximum absolute atomic E-state index is 12.1. The summed E-state index contributed by atoms with van der Waals surface area (Å²) < 4.78 is 0. The molecule has 1 amide bonds. The van der Waals surface area contributed by atoms with Gasteiger partial charge in [0.25, 0.3) is 5.91 Å². The molecular formula is C13H21N3O. The van der Waals surface area contributed by atoms with E-state index in [4.69, 9.17) is 0 Å². The van der Waals surface area contributed by atoms with Crippen LogP contribution in [-0.2, 0) is 0 Å². The van der Waals surface area contributed by atoms with Crippen molar-refractivity contribution in [3.8, 4) is 0 Å². The van der Waals surface area contributed by atoms with Crippen LogP contribution in [0.4, 0.5) is 5.69 Å². The van der Waals surface area contributed by atoms with Crippen molar-refractivity contribution < 1.29 is 4.79 Å². The van der Waals surface area contributed by atoms with E-state index in [-0.39, 0.29) is 5.91 Å². The zero-order valence-corrected chi connectivity index (χ0v) is 11.0. The van der Waals surface area contributed by atoms with Crippen LogP contribution in [0.25, 0.3) is 0 Å². The highest BCUT2D eigenvalue weighted by Gasteiger charge is 2.13. The van der Waals surface area contributed by atoms with Gasteiger partial charge in [-0.15, -0.1) is 0 Å². The molecule has 4 heteroatoms. The number of anilines is 1. The summed E-state index contributed by atoms with van der Waals surface area (Å²) >= 11 is 0. The van der Waals surface area contributed by atoms with Crippen molar-refractivity contribution in [2.24, 2.45) is 0 Å². The molecule has 1 aromatic rings. The molecule has 4 nitrogen and oxygen atoms in total. The molecule has 0 aliphatic rings. The Labute approximate surface area is 103 Å². The predicted molar refractivity (Wildman–Crippen MR) is 70.2 cm³/mol. The Hall–Kier alpha value is -1.58. The molecular weight excluding hydrogens is 214 g/mol. The van der Waals surface area contributed by atoms with Crippen LogP contribution in [0.3, 0.4) is 0 Å². The molecule has 0 fully saturated rings. The Morgan fingerprint density at radius 3 is 2.53 bits per heavy atom. The van der Waals surface area contributed by atoms with Crippen LogP contribution in [0.1, 0.15) is 38.1 Å². The summed E-state index contributed by atoms with van der Waals surface area (Å²) in [5.74, 6) is 0.0370. The van der Waals surface area contributed by atoms with Gasteiger partial charge in [0.2, 0.25) is 0 Å². The van der Waals surface area contributed by atoms with Crippen molar-refractivity contribution in [3.05, 3.63) is 24.0 Å². The molecule has 1 heterocycles. The summed E-state index contributed by atoms with van der Waals surface area (Å²) in [4.78, 5) is 18.0. The van der Waals surface area contributed by atoms with E-state index in [2.05, 4.69) is 24.1 Å². The minimum absolute atomic E-state index is 0.0370. The lowest BCUT2D eigenvalue weighted by Crippen LogP contribution is -2.30. The molecule has 0 saturated heterocycles. The number of aromatic nitrogens is 1. The van der Waals surface area contributed by atoms with Crippen molar-refractivity contribution in [1.29, 1.82) is 0 Å². The fourth-order valence-corrected chi connectivity index (χ4v) is 1.66. The Kier molecular flexibility index (Phi) is 4.94. The average molecular weight is 235 g/mol. The molecule has 0 saturated carbocycles. The van der Waals surface area contributed by atoms with E-state index in [1.807, 2.05) is 19.9 Å². The molecule has 0 radical (unpaired) electrons. The predicted octanol–water partition coefficient (Wildman–Crippen LogP) is 2.38. The van der Waals surface area contributed by atoms with Crippen LogP contribution >= 0.6 is 0 Å². The van der Waals surface area contributed by atoms with Gasteiger partial charge in [-0.2, -0.15) is 0 Å². The third-order valence-corrected chi connectivity index (χ3v) is 2.49. The van der Waals surface area contributed by atoms with Gasteiger partial charge in [0.05, 0.1) is 11.3 Å². The number of nitrogens with zero attached hydrogens (tertiary/aromatic N) is 2. The summed E-state index contributed by atoms with van der Waals surface area (Å²) in [5, 5.41) is 3.24. The lowest BCUT2D eigenvalue weighted by atomic mass is 10.2. The molecule has 1 aromatic heterocycles. The molecule has 0 spiro atoms. The van der Waals surface area contributed by atoms with Gasteiger partial charge in [0, 0.05) is 31.5 Å². The maximum atomic E-state index is 12.1. The lowest BCUT2D eigenvalue weighted by Gasteiger charge is -2.19. The number of hydrogen-bond acceptors (Lipinski definition) is 3. The van der Waals surface area contributed by atoms with Crippen molar-refractivity contribution >= 4 is 11.6 Å². The van der Waals surface area contributed by atoms with Gasteiger partial charge in [0.15, 0.2) is 0 Å². The summed E-state index contributed by atoms with van der Waals surface area (Å²) in [6, 6.07) is 2.18. The minimum Gasteiger partial charge on any atom is -0.382 e. The topological polar surface area (TPSA) is 45.2 Å². The summed E-state index contributed by atoms with van der Waals surface area (Å²) in [5.41, 5.74) is 1.53. The number of rotatable bonds is 5. The van der Waals surface area contributed by atoms with Crippen molar-refractivity contribution in [2.75, 3.05) is 18.4 Å². The number of nitrogens with one attached hydrogen (secondary N) is 1. The van der Waals surface area contributed by atoms with E-state index in [0.717, 1.165) is 18.8 Å². The minimum atomic E-state index is 0.0370. The highest BCUT2D eigenvalue weighted by atomic mass is 16.2. The second-order valence-electron chi connectivity index (χ2n) is 4.24. The van der Waals surface area contributed by atoms with Gasteiger partial charge in [0.1, 0.15) is 0 Å². The highest BCUT2D eigenvalue weighted by molar-refractivity contribution is 5.94. The number of hydrogen-bond donors (Lipinski definition) is 1. The van der Waals surface area contributed by atoms with Crippen LogP contribution in [-0.4, -0.2) is 34.9 Å². The molecule has 1 rings (SSSR count). The molecule has 0 aromatic carbocycles. The van der Waals surface area contributed by atoms with Gasteiger partial charge < -0.3 is 10.2 Å². The molecule has 94 valence electrons. The monoisotopic (exact) mass is 235 g/mol. The zero-order chi connectivity index (χ0) is 12.8. The quantitative estimate of drug-likeness (QED) is 0.852. The van der Waals surface area contributed by atoms with Crippen LogP contribution < -0.4 is 5.32 Å². The summed E-state index contributed by atoms with van der Waals surface area (Å²) in [6.45, 7) is 9.50. The van der Waals surface area contributed by atoms with Crippen LogP contribution in [0.5, 0.6) is 0 Å². The van der Waals surface area contributed by atoms with Gasteiger partial charge >= 0.3 is 0 Å². The average Bonchev–Trinajstić information content (AvgIpc) is 2.30. The maximum Gasteiger partial charge on any atom is 0.255 e. The number of amides is 1. The Balaban J connectivity index is 2.87. The van der Waals surface area contributed by atoms with Crippen LogP contribution in [0.15, 0.2) is 18.5 Å². The molecule has 0 unspecified atom stereocenters. The van der Waals surface area contributed by atoms with Gasteiger partial charge in [-0.3, -0.25) is 9.78 Å². The van der Waals surface area contributed by atoms with Crippen molar-refractivity contribution in [2.45, 2.75) is 33.7 Å². The third kappa shape index (κ3) is 3.73. The smallest absolute Gasteiger partial charge is 0.255 e. The summed E-state index contributed by atoms with van der Waals surface area (Å²) in [7, 11) is 0. The normalized spacial score (nSPS) is 10.4. The number of carbonyl (C=O) groups is 1. The first-order valence-electron chi connectivity index (χ1n) is 6.09. The molecule has 17 heavy (non-hydrogen) atoms. The zero-order valence-electron chi connectivity index (χ0n) is 11.0. The van der Waals surface area contributed by atoms with Crippen LogP contribution in [0, 0.1) is 0 Å². The lowest BCUT2D eigenvalue weighted by molar-refractivity contribution is 0.0772. The first-order chi connectivity index (χ1) is 8.08. The number of carbonyl (C=O) groups excluding carboxylic acids is 1. The number of pyridine rings is 1. The molecule has 0 aliphatic heterocycles. The van der Waals surface area contributed by atoms with E-state index < -0.39 is 0 Å². The molecule has 0 atom stereocenters. The Bertz CT molecular complexity index is 373. The van der Waals surface area contributed by atoms with E-state index in [0.29, 0.717) is 11.6 Å².